The van der Waals surface area contributed by atoms with E-state index >= 15 is 0 Å². The van der Waals surface area contributed by atoms with Crippen LogP contribution in [-0.4, -0.2) is 59.0 Å². The van der Waals surface area contributed by atoms with Gasteiger partial charge in [0, 0.05) is 47.8 Å². The predicted molar refractivity (Wildman–Crippen MR) is 84.7 cm³/mol. The first-order chi connectivity index (χ1) is 10.5. The van der Waals surface area contributed by atoms with Crippen LogP contribution in [-0.2, 0) is 9.59 Å². The van der Waals surface area contributed by atoms with Crippen molar-refractivity contribution >= 4 is 23.2 Å². The monoisotopic (exact) mass is 322 g/mol. The Morgan fingerprint density at radius 2 is 1.86 bits per heavy atom. The van der Waals surface area contributed by atoms with E-state index in [2.05, 4.69) is 19.1 Å². The summed E-state index contributed by atoms with van der Waals surface area (Å²) >= 11 is 1.78. The molecule has 0 spiro atoms. The highest BCUT2D eigenvalue weighted by molar-refractivity contribution is 7.12. The van der Waals surface area contributed by atoms with Crippen molar-refractivity contribution in [3.63, 3.8) is 0 Å². The maximum Gasteiger partial charge on any atom is 0.251 e. The van der Waals surface area contributed by atoms with Crippen molar-refractivity contribution in [1.29, 1.82) is 0 Å². The van der Waals surface area contributed by atoms with Crippen LogP contribution < -0.4 is 0 Å². The molecule has 1 aliphatic heterocycles. The number of amides is 2. The normalized spacial score (nSPS) is 26.0. The number of aliphatic hydroxyl groups is 1. The van der Waals surface area contributed by atoms with Crippen LogP contribution in [0.15, 0.2) is 12.1 Å². The number of piperazine rings is 1. The maximum absolute atomic E-state index is 12.5. The van der Waals surface area contributed by atoms with Gasteiger partial charge in [-0.05, 0) is 32.4 Å². The molecular weight excluding hydrogens is 300 g/mol. The van der Waals surface area contributed by atoms with E-state index in [9.17, 15) is 14.7 Å². The summed E-state index contributed by atoms with van der Waals surface area (Å²) in [5.41, 5.74) is 0. The summed E-state index contributed by atoms with van der Waals surface area (Å²) in [5.74, 6) is 0.492. The van der Waals surface area contributed by atoms with E-state index in [1.54, 1.807) is 16.2 Å². The van der Waals surface area contributed by atoms with Gasteiger partial charge in [0.25, 0.3) is 5.91 Å². The third-order valence-corrected chi connectivity index (χ3v) is 5.63. The summed E-state index contributed by atoms with van der Waals surface area (Å²) in [6.45, 7) is 5.76. The van der Waals surface area contributed by atoms with Gasteiger partial charge in [0.15, 0.2) is 0 Å². The Kier molecular flexibility index (Phi) is 4.23. The molecule has 2 heterocycles. The van der Waals surface area contributed by atoms with E-state index in [0.717, 1.165) is 6.42 Å². The molecule has 1 saturated heterocycles. The molecule has 5 nitrogen and oxygen atoms in total. The first kappa shape index (κ1) is 15.5. The quantitative estimate of drug-likeness (QED) is 0.910. The van der Waals surface area contributed by atoms with E-state index in [-0.39, 0.29) is 17.7 Å². The molecule has 1 aromatic heterocycles. The second-order valence-corrected chi connectivity index (χ2v) is 7.54. The highest BCUT2D eigenvalue weighted by atomic mass is 32.1. The van der Waals surface area contributed by atoms with Crippen molar-refractivity contribution in [3.8, 4) is 0 Å². The maximum atomic E-state index is 12.5. The molecule has 6 heteroatoms. The zero-order chi connectivity index (χ0) is 15.9. The summed E-state index contributed by atoms with van der Waals surface area (Å²) < 4.78 is 0. The Labute approximate surface area is 134 Å². The number of aliphatic hydroxyl groups excluding tert-OH is 1. The van der Waals surface area contributed by atoms with Crippen molar-refractivity contribution in [2.24, 2.45) is 5.92 Å². The van der Waals surface area contributed by atoms with Crippen molar-refractivity contribution < 1.29 is 14.7 Å². The SMILES string of the molecule is Cc1ccc(C2CC2C(=O)N2CCN(C(=O)C(C)O)CC2)s1. The van der Waals surface area contributed by atoms with E-state index < -0.39 is 6.10 Å². The van der Waals surface area contributed by atoms with Crippen LogP contribution in [0.4, 0.5) is 0 Å². The van der Waals surface area contributed by atoms with Gasteiger partial charge in [-0.3, -0.25) is 9.59 Å². The number of thiophene rings is 1. The van der Waals surface area contributed by atoms with Crippen molar-refractivity contribution in [3.05, 3.63) is 21.9 Å². The Morgan fingerprint density at radius 3 is 2.41 bits per heavy atom. The minimum absolute atomic E-state index is 0.122. The Bertz CT molecular complexity index is 576. The molecule has 3 unspecified atom stereocenters. The summed E-state index contributed by atoms with van der Waals surface area (Å²) in [7, 11) is 0. The molecule has 1 saturated carbocycles. The number of carbonyl (C=O) groups is 2. The number of carbonyl (C=O) groups excluding carboxylic acids is 2. The van der Waals surface area contributed by atoms with E-state index in [1.807, 2.05) is 4.90 Å². The minimum Gasteiger partial charge on any atom is -0.384 e. The zero-order valence-electron chi connectivity index (χ0n) is 13.0. The standard InChI is InChI=1S/C16H22N2O3S/c1-10-3-4-14(22-10)12-9-13(12)16(21)18-7-5-17(6-8-18)15(20)11(2)19/h3-4,11-13,19H,5-9H2,1-2H3. The van der Waals surface area contributed by atoms with Crippen LogP contribution in [0.2, 0.25) is 0 Å². The Balaban J connectivity index is 1.52. The molecule has 2 fully saturated rings. The van der Waals surface area contributed by atoms with Gasteiger partial charge in [0.05, 0.1) is 0 Å². The molecule has 1 aromatic rings. The zero-order valence-corrected chi connectivity index (χ0v) is 13.8. The minimum atomic E-state index is -0.961. The highest BCUT2D eigenvalue weighted by Crippen LogP contribution is 2.50. The van der Waals surface area contributed by atoms with Gasteiger partial charge in [-0.25, -0.2) is 0 Å². The molecule has 1 aliphatic carbocycles. The summed E-state index contributed by atoms with van der Waals surface area (Å²) in [6, 6.07) is 4.25. The van der Waals surface area contributed by atoms with E-state index in [0.29, 0.717) is 32.1 Å². The third-order valence-electron chi connectivity index (χ3n) is 4.49. The van der Waals surface area contributed by atoms with Gasteiger partial charge in [-0.1, -0.05) is 0 Å². The summed E-state index contributed by atoms with van der Waals surface area (Å²) in [6.07, 6.45) is -0.0110. The number of hydrogen-bond donors (Lipinski definition) is 1. The van der Waals surface area contributed by atoms with E-state index in [4.69, 9.17) is 0 Å². The van der Waals surface area contributed by atoms with Crippen molar-refractivity contribution in [2.45, 2.75) is 32.3 Å². The van der Waals surface area contributed by atoms with Crippen LogP contribution in [0.25, 0.3) is 0 Å². The summed E-state index contributed by atoms with van der Waals surface area (Å²) in [5, 5.41) is 9.34. The van der Waals surface area contributed by atoms with Gasteiger partial charge in [0.2, 0.25) is 5.91 Å². The largest absolute Gasteiger partial charge is 0.384 e. The van der Waals surface area contributed by atoms with Crippen LogP contribution in [0.1, 0.15) is 29.0 Å². The molecule has 0 radical (unpaired) electrons. The molecule has 2 amide bonds. The number of nitrogens with zero attached hydrogens (tertiary/aromatic N) is 2. The molecule has 0 bridgehead atoms. The molecule has 120 valence electrons. The fraction of sp³-hybridized carbons (Fsp3) is 0.625. The molecule has 3 rings (SSSR count). The third kappa shape index (κ3) is 3.03. The average Bonchev–Trinajstić information content (AvgIpc) is 3.20. The van der Waals surface area contributed by atoms with Crippen LogP contribution >= 0.6 is 11.3 Å². The molecule has 0 aromatic carbocycles. The lowest BCUT2D eigenvalue weighted by Crippen LogP contribution is -2.52. The second kappa shape index (κ2) is 6.01. The lowest BCUT2D eigenvalue weighted by Gasteiger charge is -2.35. The van der Waals surface area contributed by atoms with Crippen molar-refractivity contribution in [1.82, 2.24) is 9.80 Å². The Hall–Kier alpha value is -1.40. The van der Waals surface area contributed by atoms with Gasteiger partial charge in [-0.2, -0.15) is 0 Å². The van der Waals surface area contributed by atoms with Crippen LogP contribution in [0.3, 0.4) is 0 Å². The fourth-order valence-corrected chi connectivity index (χ4v) is 4.14. The number of rotatable bonds is 3. The molecule has 22 heavy (non-hydrogen) atoms. The van der Waals surface area contributed by atoms with Gasteiger partial charge in [0.1, 0.15) is 6.10 Å². The molecular formula is C16H22N2O3S. The van der Waals surface area contributed by atoms with E-state index in [1.165, 1.54) is 16.7 Å². The smallest absolute Gasteiger partial charge is 0.251 e. The first-order valence-electron chi connectivity index (χ1n) is 7.79. The lowest BCUT2D eigenvalue weighted by atomic mass is 10.2. The van der Waals surface area contributed by atoms with Gasteiger partial charge >= 0.3 is 0 Å². The van der Waals surface area contributed by atoms with Crippen LogP contribution in [0.5, 0.6) is 0 Å². The van der Waals surface area contributed by atoms with Crippen molar-refractivity contribution in [2.75, 3.05) is 26.2 Å². The highest BCUT2D eigenvalue weighted by Gasteiger charge is 2.46. The second-order valence-electron chi connectivity index (χ2n) is 6.22. The fourth-order valence-electron chi connectivity index (χ4n) is 3.08. The lowest BCUT2D eigenvalue weighted by molar-refractivity contribution is -0.145. The topological polar surface area (TPSA) is 60.9 Å². The number of aryl methyl sites for hydroxylation is 1. The first-order valence-corrected chi connectivity index (χ1v) is 8.61. The average molecular weight is 322 g/mol. The molecule has 1 N–H and O–H groups in total. The van der Waals surface area contributed by atoms with Gasteiger partial charge in [-0.15, -0.1) is 11.3 Å². The number of hydrogen-bond acceptors (Lipinski definition) is 4. The molecule has 3 atom stereocenters. The molecule has 2 aliphatic rings. The van der Waals surface area contributed by atoms with Gasteiger partial charge < -0.3 is 14.9 Å². The van der Waals surface area contributed by atoms with Crippen LogP contribution in [0, 0.1) is 12.8 Å². The summed E-state index contributed by atoms with van der Waals surface area (Å²) in [4.78, 5) is 30.4. The Morgan fingerprint density at radius 1 is 1.23 bits per heavy atom. The predicted octanol–water partition coefficient (Wildman–Crippen LogP) is 1.21.